The van der Waals surface area contributed by atoms with Crippen LogP contribution in [0.3, 0.4) is 0 Å². The zero-order chi connectivity index (χ0) is 15.6. The molecule has 1 aromatic rings. The molecule has 1 aromatic carbocycles. The van der Waals surface area contributed by atoms with Gasteiger partial charge in [-0.2, -0.15) is 0 Å². The van der Waals surface area contributed by atoms with Gasteiger partial charge in [-0.05, 0) is 12.0 Å². The highest BCUT2D eigenvalue weighted by Gasteiger charge is 2.36. The molecule has 21 heavy (non-hydrogen) atoms. The predicted octanol–water partition coefficient (Wildman–Crippen LogP) is 3.30. The van der Waals surface area contributed by atoms with Crippen molar-refractivity contribution in [2.75, 3.05) is 13.2 Å². The fourth-order valence-corrected chi connectivity index (χ4v) is 2.22. The minimum absolute atomic E-state index is 0.00130. The van der Waals surface area contributed by atoms with E-state index < -0.39 is 11.5 Å². The minimum atomic E-state index is -1.47. The van der Waals surface area contributed by atoms with Crippen molar-refractivity contribution < 1.29 is 14.6 Å². The van der Waals surface area contributed by atoms with Gasteiger partial charge in [0.2, 0.25) is 0 Å². The molecule has 0 aliphatic carbocycles. The van der Waals surface area contributed by atoms with Crippen molar-refractivity contribution in [2.45, 2.75) is 51.0 Å². The van der Waals surface area contributed by atoms with Gasteiger partial charge in [-0.3, -0.25) is 0 Å². The molecule has 4 nitrogen and oxygen atoms in total. The van der Waals surface area contributed by atoms with E-state index in [1.165, 1.54) is 25.7 Å². The summed E-state index contributed by atoms with van der Waals surface area (Å²) in [5.74, 6) is -1.06. The molecular weight excluding hydrogens is 266 g/mol. The van der Waals surface area contributed by atoms with Crippen molar-refractivity contribution in [2.24, 2.45) is 5.73 Å². The number of nitrogens with two attached hydrogens (primary N) is 1. The number of unbranched alkanes of at least 4 members (excludes halogenated alkanes) is 5. The van der Waals surface area contributed by atoms with E-state index in [-0.39, 0.29) is 6.61 Å². The van der Waals surface area contributed by atoms with Gasteiger partial charge in [-0.25, -0.2) is 4.79 Å². The summed E-state index contributed by atoms with van der Waals surface area (Å²) in [6.07, 6.45) is 7.06. The fraction of sp³-hybridized carbons (Fsp3) is 0.588. The maximum Gasteiger partial charge on any atom is 0.330 e. The Morgan fingerprint density at radius 1 is 1.14 bits per heavy atom. The first kappa shape index (κ1) is 17.7. The van der Waals surface area contributed by atoms with E-state index in [1.807, 2.05) is 6.07 Å². The van der Waals surface area contributed by atoms with Gasteiger partial charge >= 0.3 is 5.97 Å². The van der Waals surface area contributed by atoms with Crippen molar-refractivity contribution >= 4 is 5.97 Å². The third-order valence-electron chi connectivity index (χ3n) is 3.64. The predicted molar refractivity (Wildman–Crippen MR) is 84.1 cm³/mol. The molecule has 1 atom stereocenters. The average Bonchev–Trinajstić information content (AvgIpc) is 2.50. The molecule has 0 bridgehead atoms. The van der Waals surface area contributed by atoms with Gasteiger partial charge in [0.15, 0.2) is 5.54 Å². The van der Waals surface area contributed by atoms with Crippen LogP contribution in [0, 0.1) is 0 Å². The first-order valence-electron chi connectivity index (χ1n) is 7.77. The van der Waals surface area contributed by atoms with Gasteiger partial charge in [0.25, 0.3) is 0 Å². The highest BCUT2D eigenvalue weighted by Crippen LogP contribution is 2.19. The summed E-state index contributed by atoms with van der Waals surface area (Å²) in [5.41, 5.74) is 5.12. The second-order valence-corrected chi connectivity index (χ2v) is 5.46. The molecule has 4 heteroatoms. The molecule has 0 aromatic heterocycles. The number of aliphatic carboxylic acids is 1. The Hall–Kier alpha value is -1.39. The monoisotopic (exact) mass is 293 g/mol. The molecule has 0 saturated heterocycles. The normalized spacial score (nSPS) is 13.8. The van der Waals surface area contributed by atoms with E-state index >= 15 is 0 Å². The zero-order valence-electron chi connectivity index (χ0n) is 12.9. The lowest BCUT2D eigenvalue weighted by molar-refractivity contribution is -0.146. The van der Waals surface area contributed by atoms with Crippen LogP contribution in [0.15, 0.2) is 30.3 Å². The summed E-state index contributed by atoms with van der Waals surface area (Å²) in [6.45, 7) is 2.76. The number of hydrogen-bond acceptors (Lipinski definition) is 3. The standard InChI is InChI=1S/C17H27NO3/c1-2-3-4-5-6-10-13-21-14-17(18,16(19)20)15-11-8-7-9-12-15/h7-9,11-12H,2-6,10,13-14,18H2,1H3,(H,19,20). The van der Waals surface area contributed by atoms with Gasteiger partial charge in [0.1, 0.15) is 0 Å². The minimum Gasteiger partial charge on any atom is -0.480 e. The van der Waals surface area contributed by atoms with Crippen LogP contribution < -0.4 is 5.73 Å². The summed E-state index contributed by atoms with van der Waals surface area (Å²) in [7, 11) is 0. The van der Waals surface area contributed by atoms with Crippen LogP contribution in [-0.2, 0) is 15.1 Å². The molecule has 0 saturated carbocycles. The summed E-state index contributed by atoms with van der Waals surface area (Å²) >= 11 is 0. The Labute approximate surface area is 127 Å². The molecule has 118 valence electrons. The van der Waals surface area contributed by atoms with Crippen LogP contribution >= 0.6 is 0 Å². The van der Waals surface area contributed by atoms with Gasteiger partial charge in [0.05, 0.1) is 6.61 Å². The van der Waals surface area contributed by atoms with Crippen LogP contribution in [0.2, 0.25) is 0 Å². The third kappa shape index (κ3) is 5.86. The number of hydrogen-bond donors (Lipinski definition) is 2. The molecule has 1 rings (SSSR count). The van der Waals surface area contributed by atoms with E-state index in [0.717, 1.165) is 12.8 Å². The Morgan fingerprint density at radius 2 is 1.76 bits per heavy atom. The highest BCUT2D eigenvalue weighted by molar-refractivity contribution is 5.80. The topological polar surface area (TPSA) is 72.5 Å². The number of ether oxygens (including phenoxy) is 1. The summed E-state index contributed by atoms with van der Waals surface area (Å²) in [5, 5.41) is 9.38. The van der Waals surface area contributed by atoms with Crippen molar-refractivity contribution in [3.8, 4) is 0 Å². The second-order valence-electron chi connectivity index (χ2n) is 5.46. The number of rotatable bonds is 11. The molecular formula is C17H27NO3. The largest absolute Gasteiger partial charge is 0.480 e. The van der Waals surface area contributed by atoms with Crippen molar-refractivity contribution in [3.63, 3.8) is 0 Å². The molecule has 0 aliphatic heterocycles. The molecule has 0 heterocycles. The van der Waals surface area contributed by atoms with E-state index in [4.69, 9.17) is 10.5 Å². The summed E-state index contributed by atoms with van der Waals surface area (Å²) in [6, 6.07) is 8.86. The molecule has 0 aliphatic rings. The molecule has 0 amide bonds. The van der Waals surface area contributed by atoms with E-state index in [0.29, 0.717) is 12.2 Å². The Morgan fingerprint density at radius 3 is 2.38 bits per heavy atom. The number of carboxylic acid groups (broad SMARTS) is 1. The second kappa shape index (κ2) is 9.53. The van der Waals surface area contributed by atoms with Crippen LogP contribution in [0.5, 0.6) is 0 Å². The Kier molecular flexibility index (Phi) is 8.01. The zero-order valence-corrected chi connectivity index (χ0v) is 12.9. The fourth-order valence-electron chi connectivity index (χ4n) is 2.22. The van der Waals surface area contributed by atoms with Crippen molar-refractivity contribution in [3.05, 3.63) is 35.9 Å². The van der Waals surface area contributed by atoms with Gasteiger partial charge in [-0.15, -0.1) is 0 Å². The van der Waals surface area contributed by atoms with Crippen LogP contribution in [-0.4, -0.2) is 24.3 Å². The smallest absolute Gasteiger partial charge is 0.330 e. The first-order valence-corrected chi connectivity index (χ1v) is 7.77. The maximum absolute atomic E-state index is 11.5. The van der Waals surface area contributed by atoms with Crippen molar-refractivity contribution in [1.82, 2.24) is 0 Å². The van der Waals surface area contributed by atoms with Crippen LogP contribution in [0.4, 0.5) is 0 Å². The van der Waals surface area contributed by atoms with Crippen molar-refractivity contribution in [1.29, 1.82) is 0 Å². The molecule has 1 unspecified atom stereocenters. The molecule has 0 spiro atoms. The quantitative estimate of drug-likeness (QED) is 0.614. The Balaban J connectivity index is 2.34. The average molecular weight is 293 g/mol. The number of benzene rings is 1. The van der Waals surface area contributed by atoms with E-state index in [9.17, 15) is 9.90 Å². The van der Waals surface area contributed by atoms with Crippen LogP contribution in [0.1, 0.15) is 51.0 Å². The molecule has 0 fully saturated rings. The van der Waals surface area contributed by atoms with Gasteiger partial charge < -0.3 is 15.6 Å². The molecule has 3 N–H and O–H groups in total. The van der Waals surface area contributed by atoms with Gasteiger partial charge in [-0.1, -0.05) is 69.4 Å². The lowest BCUT2D eigenvalue weighted by Crippen LogP contribution is -2.49. The summed E-state index contributed by atoms with van der Waals surface area (Å²) in [4.78, 5) is 11.5. The summed E-state index contributed by atoms with van der Waals surface area (Å²) < 4.78 is 5.52. The lowest BCUT2D eigenvalue weighted by atomic mass is 9.92. The highest BCUT2D eigenvalue weighted by atomic mass is 16.5. The van der Waals surface area contributed by atoms with E-state index in [2.05, 4.69) is 6.92 Å². The SMILES string of the molecule is CCCCCCCCOCC(N)(C(=O)O)c1ccccc1. The van der Waals surface area contributed by atoms with Gasteiger partial charge in [0, 0.05) is 6.61 Å². The van der Waals surface area contributed by atoms with Crippen LogP contribution in [0.25, 0.3) is 0 Å². The van der Waals surface area contributed by atoms with E-state index in [1.54, 1.807) is 24.3 Å². The number of carbonyl (C=O) groups is 1. The number of carboxylic acids is 1. The third-order valence-corrected chi connectivity index (χ3v) is 3.64. The Bertz CT molecular complexity index is 408. The first-order chi connectivity index (χ1) is 10.1. The maximum atomic E-state index is 11.5. The lowest BCUT2D eigenvalue weighted by Gasteiger charge is -2.25. The molecule has 0 radical (unpaired) electrons.